The van der Waals surface area contributed by atoms with E-state index in [0.29, 0.717) is 16.5 Å². The summed E-state index contributed by atoms with van der Waals surface area (Å²) in [5.74, 6) is 0.554. The van der Waals surface area contributed by atoms with Crippen LogP contribution in [0.3, 0.4) is 0 Å². The van der Waals surface area contributed by atoms with Crippen molar-refractivity contribution in [3.8, 4) is 5.75 Å². The van der Waals surface area contributed by atoms with Crippen LogP contribution in [-0.2, 0) is 11.2 Å². The maximum absolute atomic E-state index is 13.9. The van der Waals surface area contributed by atoms with Gasteiger partial charge >= 0.3 is 6.18 Å². The van der Waals surface area contributed by atoms with Crippen LogP contribution < -0.4 is 10.1 Å². The molecule has 1 fully saturated rings. The quantitative estimate of drug-likeness (QED) is 0.547. The van der Waals surface area contributed by atoms with Gasteiger partial charge in [-0.2, -0.15) is 13.2 Å². The Balaban J connectivity index is 1.82. The molecule has 11 heteroatoms. The number of aryl methyl sites for hydroxylation is 1. The minimum absolute atomic E-state index is 0.123. The van der Waals surface area contributed by atoms with Crippen LogP contribution in [0.1, 0.15) is 12.0 Å². The number of rotatable bonds is 5. The van der Waals surface area contributed by atoms with E-state index in [2.05, 4.69) is 10.3 Å². The summed E-state index contributed by atoms with van der Waals surface area (Å²) < 4.78 is 52.2. The van der Waals surface area contributed by atoms with Gasteiger partial charge in [0.25, 0.3) is 0 Å². The number of ether oxygens (including phenoxy) is 2. The van der Waals surface area contributed by atoms with Crippen molar-refractivity contribution in [2.75, 3.05) is 14.2 Å². The molecular weight excluding hydrogens is 413 g/mol. The lowest BCUT2D eigenvalue weighted by Crippen LogP contribution is -2.67. The minimum atomic E-state index is -5.09. The molecule has 2 aliphatic rings. The number of aliphatic imine (C=N–C) groups is 1. The van der Waals surface area contributed by atoms with Crippen LogP contribution in [-0.4, -0.2) is 76.2 Å². The standard InChI is InChI=1S/C18H23F3N2O5S/c1-22-16-23-11-12(24)13(25)14(28-15(11)29-16)17(26,18(19,20)21)8-7-9-3-5-10(27-2)6-4-9/h3-6,11-15,24-26H,7-8H2,1-2H3,(H,22,23). The summed E-state index contributed by atoms with van der Waals surface area (Å²) in [4.78, 5) is 4.11. The number of hydrogen-bond acceptors (Lipinski definition) is 8. The second-order valence-corrected chi connectivity index (χ2v) is 8.06. The number of thioether (sulfide) groups is 1. The number of aliphatic hydroxyl groups is 3. The van der Waals surface area contributed by atoms with E-state index in [1.165, 1.54) is 7.11 Å². The van der Waals surface area contributed by atoms with Gasteiger partial charge in [0.2, 0.25) is 0 Å². The highest BCUT2D eigenvalue weighted by atomic mass is 32.2. The Morgan fingerprint density at radius 2 is 1.86 bits per heavy atom. The molecule has 0 spiro atoms. The molecule has 0 bridgehead atoms. The lowest BCUT2D eigenvalue weighted by Gasteiger charge is -2.46. The summed E-state index contributed by atoms with van der Waals surface area (Å²) in [6, 6.07) is 5.48. The molecule has 0 radical (unpaired) electrons. The fraction of sp³-hybridized carbons (Fsp3) is 0.611. The van der Waals surface area contributed by atoms with Crippen LogP contribution >= 0.6 is 11.8 Å². The largest absolute Gasteiger partial charge is 0.497 e. The van der Waals surface area contributed by atoms with Crippen LogP contribution in [0.2, 0.25) is 0 Å². The second-order valence-electron chi connectivity index (χ2n) is 6.97. The van der Waals surface area contributed by atoms with Gasteiger partial charge in [0.1, 0.15) is 35.5 Å². The van der Waals surface area contributed by atoms with Crippen LogP contribution in [0.25, 0.3) is 0 Å². The Bertz CT molecular complexity index is 748. The van der Waals surface area contributed by atoms with Crippen molar-refractivity contribution in [1.82, 2.24) is 5.32 Å². The predicted octanol–water partition coefficient (Wildman–Crippen LogP) is 1.06. The lowest BCUT2D eigenvalue weighted by atomic mass is 9.81. The van der Waals surface area contributed by atoms with Gasteiger partial charge in [-0.05, 0) is 30.5 Å². The first-order valence-electron chi connectivity index (χ1n) is 8.96. The normalized spacial score (nSPS) is 31.6. The number of aliphatic hydroxyl groups excluding tert-OH is 2. The number of alkyl halides is 3. The third-order valence-corrected chi connectivity index (χ3v) is 6.35. The van der Waals surface area contributed by atoms with E-state index < -0.39 is 48.0 Å². The van der Waals surface area contributed by atoms with Gasteiger partial charge < -0.3 is 30.1 Å². The molecule has 0 saturated carbocycles. The zero-order valence-corrected chi connectivity index (χ0v) is 16.6. The Hall–Kier alpha value is -1.53. The third kappa shape index (κ3) is 4.19. The summed E-state index contributed by atoms with van der Waals surface area (Å²) in [7, 11) is 3.05. The summed E-state index contributed by atoms with van der Waals surface area (Å²) in [5.41, 5.74) is -3.76. The predicted molar refractivity (Wildman–Crippen MR) is 101 cm³/mol. The van der Waals surface area contributed by atoms with Crippen LogP contribution in [0.15, 0.2) is 29.3 Å². The number of fused-ring (bicyclic) bond motifs is 1. The zero-order chi connectivity index (χ0) is 21.4. The first-order valence-corrected chi connectivity index (χ1v) is 9.84. The van der Waals surface area contributed by atoms with E-state index in [-0.39, 0.29) is 6.42 Å². The SMILES string of the molecule is CNC1=NC2C(OC(C(O)(CCc3ccc(OC)cc3)C(F)(F)F)C(O)C2O)S1. The average molecular weight is 436 g/mol. The molecule has 3 rings (SSSR count). The molecule has 0 aliphatic carbocycles. The van der Waals surface area contributed by atoms with Crippen molar-refractivity contribution in [3.63, 3.8) is 0 Å². The highest BCUT2D eigenvalue weighted by Gasteiger charge is 2.65. The van der Waals surface area contributed by atoms with Crippen LogP contribution in [0.4, 0.5) is 13.2 Å². The van der Waals surface area contributed by atoms with Gasteiger partial charge in [-0.15, -0.1) is 0 Å². The van der Waals surface area contributed by atoms with Crippen LogP contribution in [0.5, 0.6) is 5.75 Å². The molecule has 1 aromatic carbocycles. The van der Waals surface area contributed by atoms with E-state index >= 15 is 0 Å². The summed E-state index contributed by atoms with van der Waals surface area (Å²) >= 11 is 1.00. The fourth-order valence-corrected chi connectivity index (χ4v) is 4.51. The number of nitrogens with zero attached hydrogens (tertiary/aromatic N) is 1. The van der Waals surface area contributed by atoms with Crippen LogP contribution in [0, 0.1) is 0 Å². The van der Waals surface area contributed by atoms with Gasteiger partial charge in [0.05, 0.1) is 7.11 Å². The Kier molecular flexibility index (Phi) is 6.35. The molecule has 6 unspecified atom stereocenters. The molecule has 0 aromatic heterocycles. The molecule has 162 valence electrons. The Morgan fingerprint density at radius 3 is 2.41 bits per heavy atom. The smallest absolute Gasteiger partial charge is 0.419 e. The first-order chi connectivity index (χ1) is 13.6. The van der Waals surface area contributed by atoms with Gasteiger partial charge in [-0.3, -0.25) is 4.99 Å². The highest BCUT2D eigenvalue weighted by molar-refractivity contribution is 8.14. The molecule has 4 N–H and O–H groups in total. The molecule has 29 heavy (non-hydrogen) atoms. The topological polar surface area (TPSA) is 104 Å². The van der Waals surface area contributed by atoms with Gasteiger partial charge in [0, 0.05) is 7.05 Å². The van der Waals surface area contributed by atoms with Gasteiger partial charge in [-0.1, -0.05) is 23.9 Å². The third-order valence-electron chi connectivity index (χ3n) is 5.19. The fourth-order valence-electron chi connectivity index (χ4n) is 3.45. The van der Waals surface area contributed by atoms with Crippen molar-refractivity contribution < 1.29 is 38.0 Å². The van der Waals surface area contributed by atoms with E-state index in [0.717, 1.165) is 11.8 Å². The first kappa shape index (κ1) is 22.2. The number of amidine groups is 1. The molecule has 0 amide bonds. The van der Waals surface area contributed by atoms with Crippen molar-refractivity contribution in [2.45, 2.75) is 54.4 Å². The van der Waals surface area contributed by atoms with Crippen molar-refractivity contribution >= 4 is 16.9 Å². The van der Waals surface area contributed by atoms with Crippen molar-refractivity contribution in [1.29, 1.82) is 0 Å². The number of nitrogens with one attached hydrogen (secondary N) is 1. The molecule has 2 heterocycles. The van der Waals surface area contributed by atoms with Gasteiger partial charge in [-0.25, -0.2) is 0 Å². The molecule has 6 atom stereocenters. The molecular formula is C18H23F3N2O5S. The molecule has 1 saturated heterocycles. The Labute approximate surface area is 169 Å². The molecule has 2 aliphatic heterocycles. The number of benzene rings is 1. The number of halogens is 3. The molecule has 7 nitrogen and oxygen atoms in total. The maximum atomic E-state index is 13.9. The zero-order valence-electron chi connectivity index (χ0n) is 15.8. The van der Waals surface area contributed by atoms with Gasteiger partial charge in [0.15, 0.2) is 10.8 Å². The summed E-state index contributed by atoms with van der Waals surface area (Å²) in [5, 5.41) is 34.5. The van der Waals surface area contributed by atoms with E-state index in [4.69, 9.17) is 9.47 Å². The van der Waals surface area contributed by atoms with E-state index in [1.807, 2.05) is 0 Å². The monoisotopic (exact) mass is 436 g/mol. The maximum Gasteiger partial charge on any atom is 0.419 e. The summed E-state index contributed by atoms with van der Waals surface area (Å²) in [6.45, 7) is 0. The number of hydrogen-bond donors (Lipinski definition) is 4. The van der Waals surface area contributed by atoms with Crippen molar-refractivity contribution in [3.05, 3.63) is 29.8 Å². The lowest BCUT2D eigenvalue weighted by molar-refractivity contribution is -0.326. The van der Waals surface area contributed by atoms with E-state index in [1.54, 1.807) is 31.3 Å². The summed E-state index contributed by atoms with van der Waals surface area (Å²) in [6.07, 6.45) is -11.6. The molecule has 1 aromatic rings. The highest BCUT2D eigenvalue weighted by Crippen LogP contribution is 2.45. The van der Waals surface area contributed by atoms with E-state index in [9.17, 15) is 28.5 Å². The average Bonchev–Trinajstić information content (AvgIpc) is 3.12. The number of methoxy groups -OCH3 is 1. The van der Waals surface area contributed by atoms with Crippen molar-refractivity contribution in [2.24, 2.45) is 4.99 Å². The second kappa shape index (κ2) is 8.31. The minimum Gasteiger partial charge on any atom is -0.497 e. The Morgan fingerprint density at radius 1 is 1.21 bits per heavy atom.